The molecule has 22 heavy (non-hydrogen) atoms. The van der Waals surface area contributed by atoms with Crippen LogP contribution in [-0.2, 0) is 0 Å². The first kappa shape index (κ1) is 18.2. The fourth-order valence-electron chi connectivity index (χ4n) is 1.79. The fourth-order valence-corrected chi connectivity index (χ4v) is 1.93. The molecule has 0 aliphatic heterocycles. The van der Waals surface area contributed by atoms with Crippen LogP contribution < -0.4 is 15.5 Å². The minimum Gasteiger partial charge on any atom is -0.493 e. The molecule has 0 radical (unpaired) electrons. The second-order valence-electron chi connectivity index (χ2n) is 4.82. The van der Waals surface area contributed by atoms with Crippen molar-refractivity contribution in [3.05, 3.63) is 42.5 Å². The Balaban J connectivity index is 2.45. The van der Waals surface area contributed by atoms with Gasteiger partial charge in [-0.05, 0) is 30.8 Å². The molecule has 1 rings (SSSR count). The lowest BCUT2D eigenvalue weighted by Gasteiger charge is -2.09. The van der Waals surface area contributed by atoms with E-state index >= 15 is 0 Å². The fraction of sp³-hybridized carbons (Fsp3) is 0.412. The monoisotopic (exact) mass is 319 g/mol. The first-order chi connectivity index (χ1) is 10.8. The number of nitrogens with zero attached hydrogens (tertiary/aromatic N) is 1. The maximum Gasteiger partial charge on any atom is 0.187 e. The zero-order valence-corrected chi connectivity index (χ0v) is 14.0. The van der Waals surface area contributed by atoms with Crippen molar-refractivity contribution in [3.8, 4) is 5.75 Å². The number of hydrogen-bond donors (Lipinski definition) is 2. The van der Waals surface area contributed by atoms with E-state index in [1.54, 1.807) is 12.3 Å². The Labute approximate surface area is 138 Å². The van der Waals surface area contributed by atoms with E-state index in [0.717, 1.165) is 24.3 Å². The summed E-state index contributed by atoms with van der Waals surface area (Å²) in [6.07, 6.45) is 8.22. The van der Waals surface area contributed by atoms with Gasteiger partial charge in [0.05, 0.1) is 12.8 Å². The quantitative estimate of drug-likeness (QED) is 0.227. The highest BCUT2D eigenvalue weighted by molar-refractivity contribution is 7.80. The summed E-state index contributed by atoms with van der Waals surface area (Å²) >= 11 is 5.06. The molecule has 5 heteroatoms. The van der Waals surface area contributed by atoms with Gasteiger partial charge in [0.25, 0.3) is 0 Å². The van der Waals surface area contributed by atoms with Gasteiger partial charge in [-0.2, -0.15) is 5.10 Å². The Bertz CT molecular complexity index is 489. The van der Waals surface area contributed by atoms with Gasteiger partial charge in [0, 0.05) is 12.1 Å². The minimum absolute atomic E-state index is 0.467. The lowest BCUT2D eigenvalue weighted by molar-refractivity contribution is 0.304. The number of nitrogens with one attached hydrogen (secondary N) is 2. The average molecular weight is 319 g/mol. The molecule has 0 bridgehead atoms. The van der Waals surface area contributed by atoms with E-state index in [2.05, 4.69) is 29.3 Å². The Morgan fingerprint density at radius 3 is 2.91 bits per heavy atom. The third kappa shape index (κ3) is 7.78. The number of thiocarbonyl (C=S) groups is 1. The van der Waals surface area contributed by atoms with Crippen LogP contribution in [0.2, 0.25) is 0 Å². The Morgan fingerprint density at radius 2 is 2.14 bits per heavy atom. The van der Waals surface area contributed by atoms with Crippen LogP contribution in [0, 0.1) is 0 Å². The zero-order chi connectivity index (χ0) is 16.0. The van der Waals surface area contributed by atoms with Gasteiger partial charge in [-0.1, -0.05) is 44.4 Å². The molecule has 0 aromatic heterocycles. The standard InChI is InChI=1S/C17H25N3OS/c1-3-5-6-9-13-21-16-11-8-7-10-15(16)14-19-20-17(22)18-12-4-2/h4,7-8,10-11,14H,2-3,5-6,9,12-13H2,1H3,(H2,18,20,22)/b19-14+. The maximum absolute atomic E-state index is 5.83. The highest BCUT2D eigenvalue weighted by Crippen LogP contribution is 2.16. The number of hydrazone groups is 1. The van der Waals surface area contributed by atoms with E-state index in [0.29, 0.717) is 11.7 Å². The van der Waals surface area contributed by atoms with Crippen LogP contribution in [0.1, 0.15) is 38.2 Å². The van der Waals surface area contributed by atoms with Crippen molar-refractivity contribution in [3.63, 3.8) is 0 Å². The smallest absolute Gasteiger partial charge is 0.187 e. The van der Waals surface area contributed by atoms with Crippen LogP contribution in [0.5, 0.6) is 5.75 Å². The topological polar surface area (TPSA) is 45.7 Å². The molecule has 120 valence electrons. The lowest BCUT2D eigenvalue weighted by Crippen LogP contribution is -2.31. The molecule has 0 saturated heterocycles. The van der Waals surface area contributed by atoms with Crippen molar-refractivity contribution in [2.45, 2.75) is 32.6 Å². The van der Waals surface area contributed by atoms with Gasteiger partial charge in [0.15, 0.2) is 5.11 Å². The molecule has 0 aliphatic carbocycles. The first-order valence-corrected chi connectivity index (χ1v) is 8.08. The minimum atomic E-state index is 0.467. The van der Waals surface area contributed by atoms with Crippen LogP contribution in [0.15, 0.2) is 42.0 Å². The number of ether oxygens (including phenoxy) is 1. The highest BCUT2D eigenvalue weighted by atomic mass is 32.1. The van der Waals surface area contributed by atoms with Gasteiger partial charge >= 0.3 is 0 Å². The molecule has 0 atom stereocenters. The van der Waals surface area contributed by atoms with E-state index in [4.69, 9.17) is 17.0 Å². The van der Waals surface area contributed by atoms with Crippen molar-refractivity contribution in [2.75, 3.05) is 13.2 Å². The van der Waals surface area contributed by atoms with Gasteiger partial charge < -0.3 is 10.1 Å². The maximum atomic E-state index is 5.83. The molecule has 0 saturated carbocycles. The van der Waals surface area contributed by atoms with Crippen LogP contribution in [0.4, 0.5) is 0 Å². The van der Waals surface area contributed by atoms with E-state index in [1.807, 2.05) is 24.3 Å². The SMILES string of the molecule is C=CCNC(=S)N/N=C/c1ccccc1OCCCCCC. The number of unbranched alkanes of at least 4 members (excludes halogenated alkanes) is 3. The van der Waals surface area contributed by atoms with Crippen LogP contribution in [0.3, 0.4) is 0 Å². The largest absolute Gasteiger partial charge is 0.493 e. The third-order valence-corrected chi connectivity index (χ3v) is 3.19. The number of benzene rings is 1. The highest BCUT2D eigenvalue weighted by Gasteiger charge is 2.00. The molecule has 2 N–H and O–H groups in total. The van der Waals surface area contributed by atoms with Crippen molar-refractivity contribution in [1.29, 1.82) is 0 Å². The van der Waals surface area contributed by atoms with Gasteiger partial charge in [0.2, 0.25) is 0 Å². The summed E-state index contributed by atoms with van der Waals surface area (Å²) in [7, 11) is 0. The average Bonchev–Trinajstić information content (AvgIpc) is 2.54. The summed E-state index contributed by atoms with van der Waals surface area (Å²) in [6, 6.07) is 7.84. The zero-order valence-electron chi connectivity index (χ0n) is 13.2. The Morgan fingerprint density at radius 1 is 1.32 bits per heavy atom. The van der Waals surface area contributed by atoms with Gasteiger partial charge in [0.1, 0.15) is 5.75 Å². The molecule has 0 aliphatic rings. The Kier molecular flexibility index (Phi) is 9.70. The molecule has 0 unspecified atom stereocenters. The summed E-state index contributed by atoms with van der Waals surface area (Å²) in [5.74, 6) is 0.842. The predicted molar refractivity (Wildman–Crippen MR) is 97.6 cm³/mol. The van der Waals surface area contributed by atoms with E-state index < -0.39 is 0 Å². The van der Waals surface area contributed by atoms with Crippen LogP contribution in [-0.4, -0.2) is 24.5 Å². The summed E-state index contributed by atoms with van der Waals surface area (Å²) in [5.41, 5.74) is 3.69. The number of rotatable bonds is 10. The van der Waals surface area contributed by atoms with Crippen molar-refractivity contribution < 1.29 is 4.74 Å². The molecule has 0 fully saturated rings. The summed E-state index contributed by atoms with van der Waals surface area (Å²) in [5, 5.41) is 7.53. The second kappa shape index (κ2) is 11.7. The van der Waals surface area contributed by atoms with E-state index in [-0.39, 0.29) is 0 Å². The normalized spacial score (nSPS) is 10.4. The number of para-hydroxylation sites is 1. The molecule has 0 heterocycles. The van der Waals surface area contributed by atoms with Crippen molar-refractivity contribution in [2.24, 2.45) is 5.10 Å². The molecule has 1 aromatic carbocycles. The molecular formula is C17H25N3OS. The Hall–Kier alpha value is -1.88. The van der Waals surface area contributed by atoms with E-state index in [9.17, 15) is 0 Å². The summed E-state index contributed by atoms with van der Waals surface area (Å²) in [6.45, 7) is 7.16. The predicted octanol–water partition coefficient (Wildman–Crippen LogP) is 3.63. The molecule has 1 aromatic rings. The van der Waals surface area contributed by atoms with Gasteiger partial charge in [-0.15, -0.1) is 6.58 Å². The third-order valence-electron chi connectivity index (χ3n) is 2.95. The lowest BCUT2D eigenvalue weighted by atomic mass is 10.2. The molecule has 0 spiro atoms. The number of hydrogen-bond acceptors (Lipinski definition) is 3. The van der Waals surface area contributed by atoms with Gasteiger partial charge in [-0.25, -0.2) is 0 Å². The van der Waals surface area contributed by atoms with E-state index in [1.165, 1.54) is 19.3 Å². The van der Waals surface area contributed by atoms with Crippen LogP contribution in [0.25, 0.3) is 0 Å². The van der Waals surface area contributed by atoms with Gasteiger partial charge in [-0.3, -0.25) is 5.43 Å². The summed E-state index contributed by atoms with van der Waals surface area (Å²) in [4.78, 5) is 0. The first-order valence-electron chi connectivity index (χ1n) is 7.67. The summed E-state index contributed by atoms with van der Waals surface area (Å²) < 4.78 is 5.83. The molecule has 0 amide bonds. The molecular weight excluding hydrogens is 294 g/mol. The second-order valence-corrected chi connectivity index (χ2v) is 5.22. The van der Waals surface area contributed by atoms with Crippen molar-refractivity contribution in [1.82, 2.24) is 10.7 Å². The van der Waals surface area contributed by atoms with Crippen molar-refractivity contribution >= 4 is 23.5 Å². The van der Waals surface area contributed by atoms with Crippen LogP contribution >= 0.6 is 12.2 Å². The molecule has 4 nitrogen and oxygen atoms in total.